The molecule has 1 saturated carbocycles. The van der Waals surface area contributed by atoms with E-state index in [9.17, 15) is 31.1 Å². The molecule has 0 bridgehead atoms. The predicted octanol–water partition coefficient (Wildman–Crippen LogP) is 8.31. The van der Waals surface area contributed by atoms with Crippen molar-refractivity contribution in [3.8, 4) is 0 Å². The van der Waals surface area contributed by atoms with Gasteiger partial charge >= 0.3 is 18.4 Å². The number of hydrogen-bond acceptors (Lipinski definition) is 3. The molecular formula is C27H28F6N2O3. The van der Waals surface area contributed by atoms with Crippen LogP contribution in [-0.4, -0.2) is 25.2 Å². The minimum Gasteiger partial charge on any atom is -0.453 e. The van der Waals surface area contributed by atoms with E-state index < -0.39 is 42.2 Å². The maximum absolute atomic E-state index is 13.6. The summed E-state index contributed by atoms with van der Waals surface area (Å²) in [5.74, 6) is 0.0699. The molecule has 2 aromatic carbocycles. The lowest BCUT2D eigenvalue weighted by atomic mass is 9.81. The summed E-state index contributed by atoms with van der Waals surface area (Å²) in [6, 6.07) is 5.94. The first kappa shape index (κ1) is 29.3. The Morgan fingerprint density at radius 2 is 1.63 bits per heavy atom. The molecule has 38 heavy (non-hydrogen) atoms. The Hall–Kier alpha value is -3.26. The number of ether oxygens (including phenoxy) is 2. The summed E-state index contributed by atoms with van der Waals surface area (Å²) in [5.41, 5.74) is -1.65. The molecule has 0 aromatic heterocycles. The Kier molecular flexibility index (Phi) is 9.31. The Morgan fingerprint density at radius 1 is 0.974 bits per heavy atom. The van der Waals surface area contributed by atoms with E-state index in [1.165, 1.54) is 19.2 Å². The molecule has 1 atom stereocenters. The summed E-state index contributed by atoms with van der Waals surface area (Å²) in [4.78, 5) is 16.7. The molecule has 5 nitrogen and oxygen atoms in total. The number of carbonyl (C=O) groups excluding carboxylic acids is 1. The lowest BCUT2D eigenvalue weighted by Crippen LogP contribution is -2.31. The fraction of sp³-hybridized carbons (Fsp3) is 0.481. The molecule has 1 amide bonds. The van der Waals surface area contributed by atoms with Gasteiger partial charge in [-0.1, -0.05) is 31.4 Å². The highest BCUT2D eigenvalue weighted by atomic mass is 19.4. The van der Waals surface area contributed by atoms with Crippen molar-refractivity contribution >= 4 is 11.8 Å². The van der Waals surface area contributed by atoms with Crippen LogP contribution in [0.1, 0.15) is 66.0 Å². The third-order valence-corrected chi connectivity index (χ3v) is 6.71. The molecule has 0 aliphatic heterocycles. The minimum absolute atomic E-state index is 0.0136. The molecule has 1 unspecified atom stereocenters. The molecule has 0 radical (unpaired) electrons. The molecule has 206 valence electrons. The van der Waals surface area contributed by atoms with Crippen molar-refractivity contribution < 1.29 is 40.6 Å². The van der Waals surface area contributed by atoms with Crippen molar-refractivity contribution in [1.29, 1.82) is 0 Å². The maximum Gasteiger partial charge on any atom is 0.416 e. The lowest BCUT2D eigenvalue weighted by Gasteiger charge is -2.32. The summed E-state index contributed by atoms with van der Waals surface area (Å²) < 4.78 is 91.5. The number of rotatable bonds is 7. The molecule has 0 spiro atoms. The maximum atomic E-state index is 13.6. The molecule has 1 fully saturated rings. The van der Waals surface area contributed by atoms with Crippen LogP contribution in [0.25, 0.3) is 4.85 Å². The number of hydrogen-bond donors (Lipinski definition) is 0. The summed E-state index contributed by atoms with van der Waals surface area (Å²) in [6.45, 7) is 6.34. The minimum atomic E-state index is -4.73. The Morgan fingerprint density at radius 3 is 2.18 bits per heavy atom. The molecular weight excluding hydrogens is 514 g/mol. The zero-order valence-electron chi connectivity index (χ0n) is 21.0. The number of amides is 1. The van der Waals surface area contributed by atoms with Crippen molar-refractivity contribution in [2.45, 2.75) is 63.7 Å². The van der Waals surface area contributed by atoms with Gasteiger partial charge in [-0.3, -0.25) is 4.90 Å². The number of nitrogens with zero attached hydrogens (tertiary/aromatic N) is 2. The Balaban J connectivity index is 2.05. The molecule has 0 saturated heterocycles. The van der Waals surface area contributed by atoms with Crippen LogP contribution in [0.15, 0.2) is 36.4 Å². The van der Waals surface area contributed by atoms with Crippen LogP contribution in [0, 0.1) is 12.5 Å². The monoisotopic (exact) mass is 542 g/mol. The smallest absolute Gasteiger partial charge is 0.416 e. The molecule has 0 N–H and O–H groups in total. The van der Waals surface area contributed by atoms with E-state index in [1.54, 1.807) is 0 Å². The predicted molar refractivity (Wildman–Crippen MR) is 127 cm³/mol. The first-order chi connectivity index (χ1) is 17.9. The Bertz CT molecular complexity index is 1170. The van der Waals surface area contributed by atoms with Crippen molar-refractivity contribution in [3.63, 3.8) is 0 Å². The second-order valence-electron chi connectivity index (χ2n) is 9.29. The van der Waals surface area contributed by atoms with Crippen LogP contribution >= 0.6 is 0 Å². The SMILES string of the molecule is [C-]#[N+]c1cc(CN(Cc2cc(C(F)(F)F)ccc2C(OC)C2CCCCC2)C(=O)OC)cc(C(F)(F)F)c1. The summed E-state index contributed by atoms with van der Waals surface area (Å²) in [5, 5.41) is 0. The van der Waals surface area contributed by atoms with E-state index in [4.69, 9.17) is 16.0 Å². The Labute approximate surface area is 217 Å². The van der Waals surface area contributed by atoms with E-state index in [1.807, 2.05) is 0 Å². The van der Waals surface area contributed by atoms with Gasteiger partial charge in [-0.05, 0) is 59.7 Å². The van der Waals surface area contributed by atoms with E-state index >= 15 is 0 Å². The normalized spacial score (nSPS) is 15.6. The molecule has 0 heterocycles. The van der Waals surface area contributed by atoms with Crippen LogP contribution < -0.4 is 0 Å². The highest BCUT2D eigenvalue weighted by Gasteiger charge is 2.34. The first-order valence-corrected chi connectivity index (χ1v) is 12.0. The second kappa shape index (κ2) is 12.1. The van der Waals surface area contributed by atoms with Crippen LogP contribution in [0.2, 0.25) is 0 Å². The van der Waals surface area contributed by atoms with Crippen molar-refractivity contribution in [3.05, 3.63) is 75.6 Å². The highest BCUT2D eigenvalue weighted by molar-refractivity contribution is 5.68. The van der Waals surface area contributed by atoms with Crippen molar-refractivity contribution in [2.75, 3.05) is 14.2 Å². The third kappa shape index (κ3) is 7.19. The summed E-state index contributed by atoms with van der Waals surface area (Å²) in [6.07, 6.45) is -6.18. The van der Waals surface area contributed by atoms with Gasteiger partial charge in [0.05, 0.1) is 25.3 Å². The van der Waals surface area contributed by atoms with Crippen molar-refractivity contribution in [1.82, 2.24) is 4.90 Å². The van der Waals surface area contributed by atoms with Gasteiger partial charge in [-0.15, -0.1) is 0 Å². The first-order valence-electron chi connectivity index (χ1n) is 12.0. The zero-order valence-corrected chi connectivity index (χ0v) is 21.0. The molecule has 1 aliphatic carbocycles. The molecule has 11 heteroatoms. The van der Waals surface area contributed by atoms with Crippen LogP contribution in [0.5, 0.6) is 0 Å². The van der Waals surface area contributed by atoms with Gasteiger partial charge in [0.1, 0.15) is 0 Å². The average molecular weight is 543 g/mol. The van der Waals surface area contributed by atoms with E-state index in [2.05, 4.69) is 4.85 Å². The number of halogens is 6. The number of benzene rings is 2. The van der Waals surface area contributed by atoms with Gasteiger partial charge < -0.3 is 9.47 Å². The third-order valence-electron chi connectivity index (χ3n) is 6.71. The van der Waals surface area contributed by atoms with E-state index in [-0.39, 0.29) is 29.3 Å². The molecule has 3 rings (SSSR count). The summed E-state index contributed by atoms with van der Waals surface area (Å²) >= 11 is 0. The van der Waals surface area contributed by atoms with Gasteiger partial charge in [-0.25, -0.2) is 9.64 Å². The van der Waals surface area contributed by atoms with Crippen molar-refractivity contribution in [2.24, 2.45) is 5.92 Å². The molecule has 2 aromatic rings. The quantitative estimate of drug-likeness (QED) is 0.261. The topological polar surface area (TPSA) is 43.1 Å². The molecule has 1 aliphatic rings. The second-order valence-corrected chi connectivity index (χ2v) is 9.29. The van der Waals surface area contributed by atoms with Crippen LogP contribution in [0.4, 0.5) is 36.8 Å². The van der Waals surface area contributed by atoms with Gasteiger partial charge in [0.2, 0.25) is 0 Å². The van der Waals surface area contributed by atoms with Gasteiger partial charge in [0, 0.05) is 25.8 Å². The van der Waals surface area contributed by atoms with Gasteiger partial charge in [-0.2, -0.15) is 26.3 Å². The van der Waals surface area contributed by atoms with E-state index in [0.717, 1.165) is 62.3 Å². The standard InChI is InChI=1S/C27H28F6N2O3/c1-34-22-12-17(11-21(14-22)27(31,32)33)15-35(25(36)38-3)16-19-13-20(26(28,29)30)9-10-23(19)24(37-2)18-7-5-4-6-8-18/h9-14,18,24H,4-8,15-16H2,2-3H3. The zero-order chi connectivity index (χ0) is 28.1. The van der Waals surface area contributed by atoms with E-state index in [0.29, 0.717) is 11.6 Å². The van der Waals surface area contributed by atoms with Gasteiger partial charge in [0.25, 0.3) is 0 Å². The highest BCUT2D eigenvalue weighted by Crippen LogP contribution is 2.40. The average Bonchev–Trinajstić information content (AvgIpc) is 2.88. The van der Waals surface area contributed by atoms with Gasteiger partial charge in [0.15, 0.2) is 5.69 Å². The fourth-order valence-electron chi connectivity index (χ4n) is 4.94. The largest absolute Gasteiger partial charge is 0.453 e. The lowest BCUT2D eigenvalue weighted by molar-refractivity contribution is -0.138. The van der Waals surface area contributed by atoms with Crippen LogP contribution in [0.3, 0.4) is 0 Å². The number of alkyl halides is 6. The summed E-state index contributed by atoms with van der Waals surface area (Å²) in [7, 11) is 2.55. The number of carbonyl (C=O) groups is 1. The number of methoxy groups -OCH3 is 2. The van der Waals surface area contributed by atoms with Crippen LogP contribution in [-0.2, 0) is 34.9 Å². The fourth-order valence-corrected chi connectivity index (χ4v) is 4.94.